The number of rotatable bonds is 0. The molecule has 0 saturated carbocycles. The van der Waals surface area contributed by atoms with Crippen LogP contribution in [0.15, 0.2) is 12.2 Å². The van der Waals surface area contributed by atoms with Gasteiger partial charge in [-0.3, -0.25) is 0 Å². The predicted molar refractivity (Wildman–Crippen MR) is 25.8 cm³/mol. The minimum Gasteiger partial charge on any atom is -0.334 e. The van der Waals surface area contributed by atoms with E-state index < -0.39 is 0 Å². The van der Waals surface area contributed by atoms with Crippen LogP contribution in [0, 0.1) is 0 Å². The molecule has 1 aliphatic heterocycles. The average molecular weight is 100 g/mol. The molecular formula is C4H5OP. The van der Waals surface area contributed by atoms with Crippen LogP contribution >= 0.6 is 8.15 Å². The summed E-state index contributed by atoms with van der Waals surface area (Å²) in [7, 11) is -0.0136. The first-order chi connectivity index (χ1) is 2.83. The second-order valence-electron chi connectivity index (χ2n) is 1.67. The average Bonchev–Trinajstić information content (AvgIpc) is 2.25. The van der Waals surface area contributed by atoms with Gasteiger partial charge in [0.2, 0.25) is 0 Å². The van der Waals surface area contributed by atoms with E-state index in [0.29, 0.717) is 0 Å². The van der Waals surface area contributed by atoms with Gasteiger partial charge in [0.15, 0.2) is 5.34 Å². The van der Waals surface area contributed by atoms with Crippen LogP contribution in [-0.2, 0) is 4.52 Å². The zero-order valence-electron chi connectivity index (χ0n) is 3.51. The minimum atomic E-state index is -0.0136. The third-order valence-electron chi connectivity index (χ3n) is 1.19. The lowest BCUT2D eigenvalue weighted by atomic mass is 10.8. The summed E-state index contributed by atoms with van der Waals surface area (Å²) in [5, 5.41) is 0.273. The third-order valence-corrected chi connectivity index (χ3v) is 2.98. The highest BCUT2D eigenvalue weighted by Gasteiger charge is 2.57. The molecule has 1 nitrogen and oxygen atoms in total. The Kier molecular flexibility index (Phi) is 0.315. The largest absolute Gasteiger partial charge is 0.334 e. The summed E-state index contributed by atoms with van der Waals surface area (Å²) in [6.45, 7) is 2.15. The molecule has 2 heteroatoms. The van der Waals surface area contributed by atoms with Gasteiger partial charge in [0.25, 0.3) is 0 Å². The van der Waals surface area contributed by atoms with Gasteiger partial charge in [-0.1, -0.05) is 0 Å². The zero-order valence-corrected chi connectivity index (χ0v) is 4.40. The summed E-state index contributed by atoms with van der Waals surface area (Å²) in [5.74, 6) is 0. The van der Waals surface area contributed by atoms with E-state index in [-0.39, 0.29) is 13.5 Å². The zero-order chi connectivity index (χ0) is 4.20. The Morgan fingerprint density at radius 1 is 1.67 bits per heavy atom. The second-order valence-corrected chi connectivity index (χ2v) is 3.55. The monoisotopic (exact) mass is 100 g/mol. The molecule has 1 atom stereocenters. The van der Waals surface area contributed by atoms with Crippen molar-refractivity contribution in [2.24, 2.45) is 0 Å². The molecule has 0 aromatic heterocycles. The van der Waals surface area contributed by atoms with Gasteiger partial charge in [-0.05, 0) is 18.8 Å². The molecular weight excluding hydrogens is 95.0 g/mol. The fourth-order valence-electron chi connectivity index (χ4n) is 0.541. The second kappa shape index (κ2) is 0.595. The van der Waals surface area contributed by atoms with Crippen molar-refractivity contribution in [2.45, 2.75) is 5.34 Å². The smallest absolute Gasteiger partial charge is 0.152 e. The Balaban J connectivity index is 2.20. The van der Waals surface area contributed by atoms with Crippen LogP contribution in [-0.4, -0.2) is 12.0 Å². The molecule has 0 N–H and O–H groups in total. The molecule has 32 valence electrons. The first-order valence-electron chi connectivity index (χ1n) is 1.97. The standard InChI is InChI=1S/C4H5OP/c1-6-4(5-6)2-3-4/h2-3H,1H3. The molecule has 1 aliphatic carbocycles. The van der Waals surface area contributed by atoms with E-state index in [1.807, 2.05) is 0 Å². The van der Waals surface area contributed by atoms with Crippen molar-refractivity contribution in [1.82, 2.24) is 0 Å². The van der Waals surface area contributed by atoms with Crippen molar-refractivity contribution in [2.75, 3.05) is 6.66 Å². The summed E-state index contributed by atoms with van der Waals surface area (Å²) in [6.07, 6.45) is 4.25. The van der Waals surface area contributed by atoms with Crippen molar-refractivity contribution >= 4 is 8.15 Å². The Morgan fingerprint density at radius 2 is 2.17 bits per heavy atom. The van der Waals surface area contributed by atoms with Gasteiger partial charge < -0.3 is 4.52 Å². The van der Waals surface area contributed by atoms with E-state index in [9.17, 15) is 0 Å². The van der Waals surface area contributed by atoms with Crippen LogP contribution in [0.25, 0.3) is 0 Å². The lowest BCUT2D eigenvalue weighted by Crippen LogP contribution is -1.71. The molecule has 0 aromatic carbocycles. The van der Waals surface area contributed by atoms with Gasteiger partial charge in [-0.2, -0.15) is 0 Å². The maximum absolute atomic E-state index is 5.17. The summed E-state index contributed by atoms with van der Waals surface area (Å²) >= 11 is 0. The van der Waals surface area contributed by atoms with Gasteiger partial charge >= 0.3 is 0 Å². The fraction of sp³-hybridized carbons (Fsp3) is 0.500. The topological polar surface area (TPSA) is 12.5 Å². The maximum Gasteiger partial charge on any atom is 0.152 e. The molecule has 2 rings (SSSR count). The highest BCUT2D eigenvalue weighted by atomic mass is 31.2. The summed E-state index contributed by atoms with van der Waals surface area (Å²) in [4.78, 5) is 0. The molecule has 0 radical (unpaired) electrons. The predicted octanol–water partition coefficient (Wildman–Crippen LogP) is 1.31. The molecule has 1 fully saturated rings. The first-order valence-corrected chi connectivity index (χ1v) is 3.67. The first kappa shape index (κ1) is 3.17. The Bertz CT molecular complexity index is 113. The number of hydrogen-bond acceptors (Lipinski definition) is 1. The maximum atomic E-state index is 5.17. The fourth-order valence-corrected chi connectivity index (χ4v) is 1.80. The molecule has 1 saturated heterocycles. The summed E-state index contributed by atoms with van der Waals surface area (Å²) < 4.78 is 5.17. The van der Waals surface area contributed by atoms with Gasteiger partial charge in [-0.15, -0.1) is 0 Å². The van der Waals surface area contributed by atoms with E-state index in [2.05, 4.69) is 18.8 Å². The lowest BCUT2D eigenvalue weighted by Gasteiger charge is -1.64. The van der Waals surface area contributed by atoms with Crippen LogP contribution in [0.3, 0.4) is 0 Å². The van der Waals surface area contributed by atoms with Crippen molar-refractivity contribution in [1.29, 1.82) is 0 Å². The van der Waals surface area contributed by atoms with E-state index in [1.165, 1.54) is 0 Å². The van der Waals surface area contributed by atoms with Crippen LogP contribution < -0.4 is 0 Å². The third kappa shape index (κ3) is 0.203. The van der Waals surface area contributed by atoms with Crippen molar-refractivity contribution < 1.29 is 4.52 Å². The van der Waals surface area contributed by atoms with Gasteiger partial charge in [0, 0.05) is 0 Å². The van der Waals surface area contributed by atoms with Gasteiger partial charge in [-0.25, -0.2) is 0 Å². The van der Waals surface area contributed by atoms with Crippen LogP contribution in [0.4, 0.5) is 0 Å². The van der Waals surface area contributed by atoms with Crippen LogP contribution in [0.5, 0.6) is 0 Å². The molecule has 0 aromatic rings. The molecule has 0 amide bonds. The summed E-state index contributed by atoms with van der Waals surface area (Å²) in [5.41, 5.74) is 0. The van der Waals surface area contributed by atoms with Crippen molar-refractivity contribution in [3.8, 4) is 0 Å². The Morgan fingerprint density at radius 3 is 2.17 bits per heavy atom. The molecule has 6 heavy (non-hydrogen) atoms. The van der Waals surface area contributed by atoms with E-state index >= 15 is 0 Å². The van der Waals surface area contributed by atoms with Gasteiger partial charge in [0.1, 0.15) is 0 Å². The van der Waals surface area contributed by atoms with E-state index in [1.54, 1.807) is 0 Å². The SMILES string of the molecule is CP1OC12C=C2. The molecule has 2 aliphatic rings. The summed E-state index contributed by atoms with van der Waals surface area (Å²) in [6, 6.07) is 0. The van der Waals surface area contributed by atoms with E-state index in [0.717, 1.165) is 0 Å². The Hall–Kier alpha value is 0.130. The quantitative estimate of drug-likeness (QED) is 0.254. The minimum absolute atomic E-state index is 0.0136. The van der Waals surface area contributed by atoms with Crippen molar-refractivity contribution in [3.05, 3.63) is 12.2 Å². The lowest BCUT2D eigenvalue weighted by molar-refractivity contribution is 0.473. The Labute approximate surface area is 37.8 Å². The van der Waals surface area contributed by atoms with Crippen molar-refractivity contribution in [3.63, 3.8) is 0 Å². The molecule has 1 spiro atoms. The number of hydrogen-bond donors (Lipinski definition) is 0. The van der Waals surface area contributed by atoms with Crippen LogP contribution in [0.1, 0.15) is 0 Å². The highest BCUT2D eigenvalue weighted by Crippen LogP contribution is 2.75. The molecule has 1 unspecified atom stereocenters. The van der Waals surface area contributed by atoms with Crippen LogP contribution in [0.2, 0.25) is 0 Å². The van der Waals surface area contributed by atoms with Gasteiger partial charge in [0.05, 0.1) is 8.15 Å². The molecule has 1 heterocycles. The highest BCUT2D eigenvalue weighted by molar-refractivity contribution is 7.60. The normalized spacial score (nSPS) is 43.8. The van der Waals surface area contributed by atoms with E-state index in [4.69, 9.17) is 4.52 Å². The molecule has 0 bridgehead atoms.